The number of hydrogen-bond acceptors (Lipinski definition) is 3. The number of amides is 1. The lowest BCUT2D eigenvalue weighted by Crippen LogP contribution is -2.14. The van der Waals surface area contributed by atoms with Gasteiger partial charge in [-0.15, -0.1) is 10.2 Å². The van der Waals surface area contributed by atoms with Crippen LogP contribution >= 0.6 is 11.6 Å². The normalized spacial score (nSPS) is 12.0. The first kappa shape index (κ1) is 29.2. The Balaban J connectivity index is 1.65. The van der Waals surface area contributed by atoms with Crippen LogP contribution in [0.15, 0.2) is 6.07 Å². The number of nitrogens with one attached hydrogen (secondary N) is 2. The highest BCUT2D eigenvalue weighted by Gasteiger charge is 2.26. The number of unbranched alkanes of at least 4 members (excludes halogenated alkanes) is 9. The Morgan fingerprint density at radius 1 is 0.946 bits per heavy atom. The van der Waals surface area contributed by atoms with Gasteiger partial charge in [-0.25, -0.2) is 4.52 Å². The third-order valence-corrected chi connectivity index (χ3v) is 7.63. The lowest BCUT2D eigenvalue weighted by Gasteiger charge is -2.18. The second kappa shape index (κ2) is 12.9. The molecule has 7 heteroatoms. The molecule has 0 saturated heterocycles. The zero-order valence-electron chi connectivity index (χ0n) is 24.0. The number of anilines is 1. The Hall–Kier alpha value is -2.34. The molecule has 2 aromatic heterocycles. The van der Waals surface area contributed by atoms with Crippen molar-refractivity contribution in [2.45, 2.75) is 125 Å². The van der Waals surface area contributed by atoms with Crippen LogP contribution in [0.1, 0.15) is 121 Å². The van der Waals surface area contributed by atoms with Crippen molar-refractivity contribution in [3.8, 4) is 11.4 Å². The number of carbonyl (C=O) groups is 1. The maximum Gasteiger partial charge on any atom is 0.224 e. The van der Waals surface area contributed by atoms with Gasteiger partial charge in [-0.1, -0.05) is 103 Å². The Labute approximate surface area is 228 Å². The molecule has 6 nitrogen and oxygen atoms in total. The van der Waals surface area contributed by atoms with E-state index in [1.165, 1.54) is 51.4 Å². The fraction of sp³-hybridized carbons (Fsp3) is 0.633. The molecule has 0 fully saturated rings. The van der Waals surface area contributed by atoms with E-state index < -0.39 is 0 Å². The molecular formula is C30H46ClN5O. The van der Waals surface area contributed by atoms with Crippen LogP contribution in [-0.4, -0.2) is 25.7 Å². The number of nitrogens with zero attached hydrogens (tertiary/aromatic N) is 3. The minimum atomic E-state index is -0.153. The van der Waals surface area contributed by atoms with Crippen molar-refractivity contribution in [3.63, 3.8) is 0 Å². The Morgan fingerprint density at radius 2 is 1.54 bits per heavy atom. The van der Waals surface area contributed by atoms with Gasteiger partial charge >= 0.3 is 0 Å². The average Bonchev–Trinajstić information content (AvgIpc) is 3.38. The maximum atomic E-state index is 12.8. The highest BCUT2D eigenvalue weighted by molar-refractivity contribution is 6.34. The van der Waals surface area contributed by atoms with Gasteiger partial charge in [0.05, 0.1) is 5.69 Å². The van der Waals surface area contributed by atoms with Gasteiger partial charge in [0, 0.05) is 23.1 Å². The van der Waals surface area contributed by atoms with Crippen molar-refractivity contribution >= 4 is 28.8 Å². The second-order valence-corrected chi connectivity index (χ2v) is 12.0. The summed E-state index contributed by atoms with van der Waals surface area (Å²) in [4.78, 5) is 12.8. The lowest BCUT2D eigenvalue weighted by molar-refractivity contribution is -0.116. The number of hydrogen-bond donors (Lipinski definition) is 2. The number of rotatable bonds is 13. The number of aromatic amines is 1. The van der Waals surface area contributed by atoms with Crippen LogP contribution < -0.4 is 5.32 Å². The van der Waals surface area contributed by atoms with E-state index in [0.717, 1.165) is 46.5 Å². The van der Waals surface area contributed by atoms with E-state index in [-0.39, 0.29) is 11.3 Å². The van der Waals surface area contributed by atoms with Gasteiger partial charge in [-0.05, 0) is 43.9 Å². The van der Waals surface area contributed by atoms with Gasteiger partial charge in [0.1, 0.15) is 5.02 Å². The average molecular weight is 528 g/mol. The molecule has 1 aromatic carbocycles. The summed E-state index contributed by atoms with van der Waals surface area (Å²) in [6, 6.07) is 2.11. The van der Waals surface area contributed by atoms with Gasteiger partial charge in [0.25, 0.3) is 0 Å². The third-order valence-electron chi connectivity index (χ3n) is 7.27. The highest BCUT2D eigenvalue weighted by atomic mass is 35.5. The maximum absolute atomic E-state index is 12.8. The van der Waals surface area contributed by atoms with Crippen LogP contribution in [0, 0.1) is 20.8 Å². The first-order chi connectivity index (χ1) is 17.6. The molecule has 3 aromatic rings. The molecule has 0 aliphatic rings. The van der Waals surface area contributed by atoms with Crippen molar-refractivity contribution in [2.24, 2.45) is 0 Å². The van der Waals surface area contributed by atoms with Crippen molar-refractivity contribution in [1.29, 1.82) is 0 Å². The summed E-state index contributed by atoms with van der Waals surface area (Å²) in [6.45, 7) is 14.8. The van der Waals surface area contributed by atoms with E-state index in [4.69, 9.17) is 11.6 Å². The summed E-state index contributed by atoms with van der Waals surface area (Å²) in [5.74, 6) is 0.775. The molecular weight excluding hydrogens is 482 g/mol. The summed E-state index contributed by atoms with van der Waals surface area (Å²) < 4.78 is 1.86. The minimum Gasteiger partial charge on any atom is -0.326 e. The molecule has 3 rings (SSSR count). The molecule has 37 heavy (non-hydrogen) atoms. The summed E-state index contributed by atoms with van der Waals surface area (Å²) >= 11 is 6.65. The molecule has 2 N–H and O–H groups in total. The molecule has 0 aliphatic heterocycles. The van der Waals surface area contributed by atoms with E-state index in [1.807, 2.05) is 18.4 Å². The first-order valence-electron chi connectivity index (χ1n) is 14.1. The largest absolute Gasteiger partial charge is 0.326 e. The molecule has 1 amide bonds. The van der Waals surface area contributed by atoms with E-state index >= 15 is 0 Å². The summed E-state index contributed by atoms with van der Waals surface area (Å²) in [6.07, 6.45) is 13.1. The van der Waals surface area contributed by atoms with Crippen LogP contribution in [-0.2, 0) is 10.2 Å². The smallest absolute Gasteiger partial charge is 0.224 e. The van der Waals surface area contributed by atoms with Crippen LogP contribution in [0.25, 0.3) is 17.0 Å². The van der Waals surface area contributed by atoms with Crippen LogP contribution in [0.4, 0.5) is 5.69 Å². The number of halogens is 1. The number of aromatic nitrogens is 4. The molecule has 0 bridgehead atoms. The van der Waals surface area contributed by atoms with Crippen LogP contribution in [0.5, 0.6) is 0 Å². The lowest BCUT2D eigenvalue weighted by atomic mass is 9.92. The predicted octanol–water partition coefficient (Wildman–Crippen LogP) is 8.85. The molecule has 0 unspecified atom stereocenters. The van der Waals surface area contributed by atoms with Crippen molar-refractivity contribution < 1.29 is 4.79 Å². The van der Waals surface area contributed by atoms with E-state index in [0.29, 0.717) is 22.9 Å². The Kier molecular flexibility index (Phi) is 10.2. The SMILES string of the molecule is CCCCCCCCCCCCC(=O)Nc1c(C)cc(C)c(-c2nnc3c(Cl)c(C(C)(C)C)[nH]n23)c1C. The van der Waals surface area contributed by atoms with Crippen molar-refractivity contribution in [3.05, 3.63) is 33.5 Å². The quantitative estimate of drug-likeness (QED) is 0.218. The molecule has 2 heterocycles. The number of aryl methyl sites for hydroxylation is 2. The third kappa shape index (κ3) is 7.16. The molecule has 0 aliphatic carbocycles. The second-order valence-electron chi connectivity index (χ2n) is 11.6. The Bertz CT molecular complexity index is 1200. The summed E-state index contributed by atoms with van der Waals surface area (Å²) in [5, 5.41) is 16.1. The molecule has 0 saturated carbocycles. The molecule has 204 valence electrons. The molecule has 0 radical (unpaired) electrons. The van der Waals surface area contributed by atoms with Gasteiger partial charge < -0.3 is 5.32 Å². The summed E-state index contributed by atoms with van der Waals surface area (Å²) in [7, 11) is 0. The number of fused-ring (bicyclic) bond motifs is 1. The van der Waals surface area contributed by atoms with E-state index in [9.17, 15) is 4.79 Å². The van der Waals surface area contributed by atoms with E-state index in [2.05, 4.69) is 61.3 Å². The standard InChI is InChI=1S/C30H46ClN5O/c1-8-9-10-11-12-13-14-15-16-17-18-23(37)32-26-21(3)19-20(2)24(22(26)4)28-33-34-29-25(31)27(30(5,6)7)35-36(28)29/h19,35H,8-18H2,1-7H3,(H,32,37). The van der Waals surface area contributed by atoms with Gasteiger partial charge in [0.15, 0.2) is 11.5 Å². The monoisotopic (exact) mass is 527 g/mol. The number of carbonyl (C=O) groups excluding carboxylic acids is 1. The summed E-state index contributed by atoms with van der Waals surface area (Å²) in [5.41, 5.74) is 6.34. The topological polar surface area (TPSA) is 75.1 Å². The first-order valence-corrected chi connectivity index (χ1v) is 14.5. The van der Waals surface area contributed by atoms with E-state index in [1.54, 1.807) is 0 Å². The molecule has 0 atom stereocenters. The predicted molar refractivity (Wildman–Crippen MR) is 156 cm³/mol. The fourth-order valence-electron chi connectivity index (χ4n) is 5.16. The van der Waals surface area contributed by atoms with Crippen molar-refractivity contribution in [1.82, 2.24) is 19.8 Å². The van der Waals surface area contributed by atoms with Gasteiger partial charge in [0.2, 0.25) is 5.91 Å². The fourth-order valence-corrected chi connectivity index (χ4v) is 5.61. The minimum absolute atomic E-state index is 0.0740. The van der Waals surface area contributed by atoms with Gasteiger partial charge in [-0.2, -0.15) is 0 Å². The molecule has 0 spiro atoms. The Morgan fingerprint density at radius 3 is 2.14 bits per heavy atom. The zero-order chi connectivity index (χ0) is 27.2. The van der Waals surface area contributed by atoms with Crippen LogP contribution in [0.3, 0.4) is 0 Å². The number of benzene rings is 1. The van der Waals surface area contributed by atoms with Gasteiger partial charge in [-0.3, -0.25) is 9.89 Å². The number of H-pyrrole nitrogens is 1. The van der Waals surface area contributed by atoms with Crippen LogP contribution in [0.2, 0.25) is 5.02 Å². The zero-order valence-corrected chi connectivity index (χ0v) is 24.7. The van der Waals surface area contributed by atoms with Crippen molar-refractivity contribution in [2.75, 3.05) is 5.32 Å². The highest BCUT2D eigenvalue weighted by Crippen LogP contribution is 2.37.